The maximum Gasteiger partial charge on any atom is 0.235 e. The summed E-state index contributed by atoms with van der Waals surface area (Å²) in [6.07, 6.45) is 1.58. The second kappa shape index (κ2) is 4.73. The van der Waals surface area contributed by atoms with Crippen molar-refractivity contribution in [2.45, 2.75) is 32.7 Å². The first-order chi connectivity index (χ1) is 6.65. The van der Waals surface area contributed by atoms with Crippen molar-refractivity contribution in [3.05, 3.63) is 35.4 Å². The van der Waals surface area contributed by atoms with Crippen molar-refractivity contribution >= 4 is 6.08 Å². The van der Waals surface area contributed by atoms with Gasteiger partial charge >= 0.3 is 0 Å². The number of hydrogen-bond acceptors (Lipinski definition) is 2. The molecular formula is C12H15NO. The Balaban J connectivity index is 2.87. The fourth-order valence-corrected chi connectivity index (χ4v) is 1.31. The molecule has 0 aliphatic rings. The fourth-order valence-electron chi connectivity index (χ4n) is 1.31. The van der Waals surface area contributed by atoms with Crippen LogP contribution in [0, 0.1) is 0 Å². The van der Waals surface area contributed by atoms with Crippen LogP contribution >= 0.6 is 0 Å². The van der Waals surface area contributed by atoms with Gasteiger partial charge in [-0.3, -0.25) is 0 Å². The number of benzene rings is 1. The topological polar surface area (TPSA) is 29.4 Å². The van der Waals surface area contributed by atoms with Gasteiger partial charge in [0.1, 0.15) is 0 Å². The number of nitrogens with zero attached hydrogens (tertiary/aromatic N) is 1. The van der Waals surface area contributed by atoms with E-state index in [9.17, 15) is 4.79 Å². The van der Waals surface area contributed by atoms with Crippen molar-refractivity contribution in [3.8, 4) is 0 Å². The summed E-state index contributed by atoms with van der Waals surface area (Å²) in [5, 5.41) is 0. The normalized spacial score (nSPS) is 12.3. The summed E-state index contributed by atoms with van der Waals surface area (Å²) >= 11 is 0. The number of rotatable bonds is 3. The number of isocyanates is 1. The molecule has 0 heterocycles. The minimum absolute atomic E-state index is 0.0892. The molecule has 1 unspecified atom stereocenters. The predicted molar refractivity (Wildman–Crippen MR) is 57.1 cm³/mol. The molecule has 14 heavy (non-hydrogen) atoms. The lowest BCUT2D eigenvalue weighted by Gasteiger charge is -2.08. The van der Waals surface area contributed by atoms with Crippen LogP contribution in [0.2, 0.25) is 0 Å². The molecule has 0 aliphatic heterocycles. The highest BCUT2D eigenvalue weighted by Gasteiger charge is 2.03. The Bertz CT molecular complexity index is 334. The summed E-state index contributed by atoms with van der Waals surface area (Å²) in [5.41, 5.74) is 2.36. The third kappa shape index (κ3) is 2.54. The number of aliphatic imine (C=N–C) groups is 1. The highest BCUT2D eigenvalue weighted by Crippen LogP contribution is 2.20. The van der Waals surface area contributed by atoms with E-state index < -0.39 is 0 Å². The molecule has 0 saturated carbocycles. The maximum absolute atomic E-state index is 10.1. The summed E-state index contributed by atoms with van der Waals surface area (Å²) in [5.74, 6) is 0.536. The molecule has 2 nitrogen and oxygen atoms in total. The molecule has 0 fully saturated rings. The zero-order valence-electron chi connectivity index (χ0n) is 8.82. The van der Waals surface area contributed by atoms with Crippen LogP contribution in [0.25, 0.3) is 0 Å². The van der Waals surface area contributed by atoms with E-state index in [0.717, 1.165) is 5.56 Å². The van der Waals surface area contributed by atoms with Gasteiger partial charge in [-0.05, 0) is 24.0 Å². The minimum Gasteiger partial charge on any atom is -0.211 e. The van der Waals surface area contributed by atoms with E-state index >= 15 is 0 Å². The summed E-state index contributed by atoms with van der Waals surface area (Å²) < 4.78 is 0. The van der Waals surface area contributed by atoms with Crippen LogP contribution in [0.3, 0.4) is 0 Å². The molecule has 1 aromatic rings. The molecule has 0 aliphatic carbocycles. The van der Waals surface area contributed by atoms with Crippen LogP contribution in [-0.4, -0.2) is 6.08 Å². The first-order valence-electron chi connectivity index (χ1n) is 4.82. The van der Waals surface area contributed by atoms with E-state index in [4.69, 9.17) is 0 Å². The molecule has 0 saturated heterocycles. The third-order valence-electron chi connectivity index (χ3n) is 2.33. The lowest BCUT2D eigenvalue weighted by atomic mass is 10.00. The summed E-state index contributed by atoms with van der Waals surface area (Å²) in [7, 11) is 0. The molecule has 0 bridgehead atoms. The monoisotopic (exact) mass is 189 g/mol. The van der Waals surface area contributed by atoms with Gasteiger partial charge in [0.25, 0.3) is 0 Å². The van der Waals surface area contributed by atoms with Gasteiger partial charge in [0.15, 0.2) is 0 Å². The van der Waals surface area contributed by atoms with Crippen LogP contribution in [0.4, 0.5) is 0 Å². The highest BCUT2D eigenvalue weighted by atomic mass is 16.1. The van der Waals surface area contributed by atoms with E-state index in [-0.39, 0.29) is 6.04 Å². The Kier molecular flexibility index (Phi) is 3.61. The maximum atomic E-state index is 10.1. The number of carbonyl (C=O) groups excluding carboxylic acids is 1. The smallest absolute Gasteiger partial charge is 0.211 e. The molecular weight excluding hydrogens is 174 g/mol. The molecule has 0 radical (unpaired) electrons. The van der Waals surface area contributed by atoms with Crippen molar-refractivity contribution in [2.75, 3.05) is 0 Å². The third-order valence-corrected chi connectivity index (χ3v) is 2.33. The quantitative estimate of drug-likeness (QED) is 0.530. The second-order valence-corrected chi connectivity index (χ2v) is 3.72. The van der Waals surface area contributed by atoms with Crippen molar-refractivity contribution in [3.63, 3.8) is 0 Å². The standard InChI is InChI=1S/C12H15NO/c1-9(2)11-4-6-12(7-5-11)10(3)13-8-14/h4-7,9-10H,1-3H3. The van der Waals surface area contributed by atoms with Gasteiger partial charge in [-0.25, -0.2) is 4.79 Å². The zero-order chi connectivity index (χ0) is 10.6. The molecule has 74 valence electrons. The average Bonchev–Trinajstić information content (AvgIpc) is 2.18. The van der Waals surface area contributed by atoms with Crippen LogP contribution in [-0.2, 0) is 4.79 Å². The second-order valence-electron chi connectivity index (χ2n) is 3.72. The van der Waals surface area contributed by atoms with Gasteiger partial charge in [0.2, 0.25) is 6.08 Å². The summed E-state index contributed by atoms with van der Waals surface area (Å²) in [6.45, 7) is 6.19. The Hall–Kier alpha value is -1.40. The van der Waals surface area contributed by atoms with Gasteiger partial charge in [-0.1, -0.05) is 38.1 Å². The molecule has 0 spiro atoms. The Morgan fingerprint density at radius 2 is 1.57 bits per heavy atom. The van der Waals surface area contributed by atoms with Crippen molar-refractivity contribution in [1.29, 1.82) is 0 Å². The molecule has 0 amide bonds. The van der Waals surface area contributed by atoms with Crippen molar-refractivity contribution in [2.24, 2.45) is 4.99 Å². The Morgan fingerprint density at radius 3 is 2.00 bits per heavy atom. The van der Waals surface area contributed by atoms with E-state index in [1.54, 1.807) is 6.08 Å². The van der Waals surface area contributed by atoms with E-state index in [0.29, 0.717) is 5.92 Å². The average molecular weight is 189 g/mol. The highest BCUT2D eigenvalue weighted by molar-refractivity contribution is 5.36. The summed E-state index contributed by atoms with van der Waals surface area (Å²) in [4.78, 5) is 13.7. The van der Waals surface area contributed by atoms with Crippen LogP contribution in [0.5, 0.6) is 0 Å². The molecule has 1 rings (SSSR count). The molecule has 1 atom stereocenters. The van der Waals surface area contributed by atoms with Gasteiger partial charge < -0.3 is 0 Å². The lowest BCUT2D eigenvalue weighted by Crippen LogP contribution is -1.91. The summed E-state index contributed by atoms with van der Waals surface area (Å²) in [6, 6.07) is 8.10. The molecule has 0 N–H and O–H groups in total. The molecule has 0 aromatic heterocycles. The fraction of sp³-hybridized carbons (Fsp3) is 0.417. The lowest BCUT2D eigenvalue weighted by molar-refractivity contribution is 0.559. The van der Waals surface area contributed by atoms with E-state index in [1.165, 1.54) is 5.56 Å². The van der Waals surface area contributed by atoms with Gasteiger partial charge in [-0.15, -0.1) is 0 Å². The van der Waals surface area contributed by atoms with E-state index in [1.807, 2.05) is 19.1 Å². The van der Waals surface area contributed by atoms with Crippen molar-refractivity contribution in [1.82, 2.24) is 0 Å². The SMILES string of the molecule is CC(C)c1ccc(C(C)N=C=O)cc1. The van der Waals surface area contributed by atoms with Gasteiger partial charge in [-0.2, -0.15) is 4.99 Å². The zero-order valence-corrected chi connectivity index (χ0v) is 8.82. The van der Waals surface area contributed by atoms with Crippen LogP contribution in [0.15, 0.2) is 29.3 Å². The Morgan fingerprint density at radius 1 is 1.07 bits per heavy atom. The van der Waals surface area contributed by atoms with Gasteiger partial charge in [0, 0.05) is 0 Å². The first kappa shape index (κ1) is 10.7. The number of hydrogen-bond donors (Lipinski definition) is 0. The van der Waals surface area contributed by atoms with Gasteiger partial charge in [0.05, 0.1) is 6.04 Å². The van der Waals surface area contributed by atoms with Crippen LogP contribution in [0.1, 0.15) is 43.9 Å². The van der Waals surface area contributed by atoms with E-state index in [2.05, 4.69) is 31.0 Å². The van der Waals surface area contributed by atoms with Crippen molar-refractivity contribution < 1.29 is 4.79 Å². The largest absolute Gasteiger partial charge is 0.235 e. The predicted octanol–water partition coefficient (Wildman–Crippen LogP) is 3.21. The molecule has 2 heteroatoms. The first-order valence-corrected chi connectivity index (χ1v) is 4.82. The minimum atomic E-state index is -0.0892. The Labute approximate surface area is 84.7 Å². The van der Waals surface area contributed by atoms with Crippen LogP contribution < -0.4 is 0 Å². The molecule has 1 aromatic carbocycles.